The molecule has 5 heterocycles. The maximum absolute atomic E-state index is 6.80. The van der Waals surface area contributed by atoms with E-state index in [1.165, 1.54) is 41.7 Å². The van der Waals surface area contributed by atoms with E-state index >= 15 is 0 Å². The average molecular weight is 886 g/mol. The van der Waals surface area contributed by atoms with Gasteiger partial charge in [-0.15, -0.1) is 11.3 Å². The molecule has 7 heteroatoms. The largest absolute Gasteiger partial charge is 0.456 e. The van der Waals surface area contributed by atoms with Gasteiger partial charge < -0.3 is 13.6 Å². The molecule has 15 rings (SSSR count). The zero-order chi connectivity index (χ0) is 44.5. The molecule has 0 atom stereocenters. The number of aromatic nitrogens is 5. The summed E-state index contributed by atoms with van der Waals surface area (Å²) in [6.45, 7) is 0. The Morgan fingerprint density at radius 1 is 0.338 bits per heavy atom. The first-order valence-electron chi connectivity index (χ1n) is 22.8. The normalized spacial score (nSPS) is 12.1. The number of fused-ring (bicyclic) bond motifs is 13. The van der Waals surface area contributed by atoms with E-state index in [9.17, 15) is 0 Å². The lowest BCUT2D eigenvalue weighted by Crippen LogP contribution is -2.02. The molecule has 0 N–H and O–H groups in total. The predicted octanol–water partition coefficient (Wildman–Crippen LogP) is 16.5. The summed E-state index contributed by atoms with van der Waals surface area (Å²) in [4.78, 5) is 16.3. The minimum Gasteiger partial charge on any atom is -0.456 e. The van der Waals surface area contributed by atoms with Gasteiger partial charge in [-0.1, -0.05) is 127 Å². The minimum absolute atomic E-state index is 0.567. The van der Waals surface area contributed by atoms with Gasteiger partial charge in [0.1, 0.15) is 11.2 Å². The fourth-order valence-corrected chi connectivity index (χ4v) is 11.8. The lowest BCUT2D eigenvalue weighted by molar-refractivity contribution is 0.668. The average Bonchev–Trinajstić information content (AvgIpc) is 4.15. The molecule has 5 aromatic heterocycles. The fourth-order valence-electron chi connectivity index (χ4n) is 10.7. The van der Waals surface area contributed by atoms with E-state index in [2.05, 4.69) is 209 Å². The lowest BCUT2D eigenvalue weighted by Gasteiger charge is -2.13. The second kappa shape index (κ2) is 14.3. The molecule has 0 aliphatic heterocycles. The molecule has 6 nitrogen and oxygen atoms in total. The maximum Gasteiger partial charge on any atom is 0.164 e. The topological polar surface area (TPSA) is 61.7 Å². The summed E-state index contributed by atoms with van der Waals surface area (Å²) in [7, 11) is 0. The molecule has 15 aromatic rings. The lowest BCUT2D eigenvalue weighted by atomic mass is 10.0. The second-order valence-electron chi connectivity index (χ2n) is 17.6. The van der Waals surface area contributed by atoms with Crippen molar-refractivity contribution in [2.45, 2.75) is 0 Å². The van der Waals surface area contributed by atoms with Gasteiger partial charge in [-0.2, -0.15) is 0 Å². The fraction of sp³-hybridized carbons (Fsp3) is 0. The van der Waals surface area contributed by atoms with Crippen molar-refractivity contribution in [3.05, 3.63) is 212 Å². The highest BCUT2D eigenvalue weighted by Crippen LogP contribution is 2.43. The van der Waals surface area contributed by atoms with E-state index in [0.717, 1.165) is 82.8 Å². The molecule has 0 unspecified atom stereocenters. The van der Waals surface area contributed by atoms with Gasteiger partial charge in [0.25, 0.3) is 0 Å². The van der Waals surface area contributed by atoms with Crippen molar-refractivity contribution in [2.24, 2.45) is 0 Å². The molecule has 0 aliphatic carbocycles. The summed E-state index contributed by atoms with van der Waals surface area (Å²) >= 11 is 1.79. The molecular formula is C61H35N5OS. The molecular weight excluding hydrogens is 851 g/mol. The molecule has 0 radical (unpaired) electrons. The van der Waals surface area contributed by atoms with Crippen LogP contribution in [0.5, 0.6) is 0 Å². The first-order valence-corrected chi connectivity index (χ1v) is 23.6. The third-order valence-electron chi connectivity index (χ3n) is 13.7. The zero-order valence-corrected chi connectivity index (χ0v) is 37.1. The van der Waals surface area contributed by atoms with Crippen LogP contribution < -0.4 is 0 Å². The smallest absolute Gasteiger partial charge is 0.164 e. The second-order valence-corrected chi connectivity index (χ2v) is 18.7. The Bertz CT molecular complexity index is 4580. The van der Waals surface area contributed by atoms with Crippen LogP contribution in [-0.2, 0) is 0 Å². The van der Waals surface area contributed by atoms with Crippen LogP contribution in [0.4, 0.5) is 0 Å². The highest BCUT2D eigenvalue weighted by atomic mass is 32.1. The van der Waals surface area contributed by atoms with Crippen LogP contribution in [-0.4, -0.2) is 24.1 Å². The Hall–Kier alpha value is -8.91. The summed E-state index contributed by atoms with van der Waals surface area (Å²) in [6.07, 6.45) is 0. The Balaban J connectivity index is 1.02. The van der Waals surface area contributed by atoms with E-state index in [1.807, 2.05) is 12.1 Å². The number of nitrogens with zero attached hydrogens (tertiary/aromatic N) is 5. The van der Waals surface area contributed by atoms with Gasteiger partial charge >= 0.3 is 0 Å². The number of benzene rings is 10. The molecule has 10 aromatic carbocycles. The Kier molecular flexibility index (Phi) is 7.85. The molecule has 0 bridgehead atoms. The van der Waals surface area contributed by atoms with Crippen LogP contribution in [0.2, 0.25) is 0 Å². The number of para-hydroxylation sites is 4. The quantitative estimate of drug-likeness (QED) is 0.173. The van der Waals surface area contributed by atoms with Gasteiger partial charge in [-0.05, 0) is 89.6 Å². The van der Waals surface area contributed by atoms with Gasteiger partial charge in [0, 0.05) is 80.9 Å². The third-order valence-corrected chi connectivity index (χ3v) is 14.9. The summed E-state index contributed by atoms with van der Waals surface area (Å²) in [5.74, 6) is 1.76. The van der Waals surface area contributed by atoms with E-state index in [-0.39, 0.29) is 0 Å². The SMILES string of the molecule is c1ccc(-n2c3ccccc3c3cc(-c4nc(-c5ccc6c(c5)sc5ccccc56)nc(-c5cc(-n6c7ccccc7c7cc8ccccc8cc76)cc6oc7ccccc7c56)n4)ccc32)cc1. The predicted molar refractivity (Wildman–Crippen MR) is 282 cm³/mol. The van der Waals surface area contributed by atoms with Crippen LogP contribution in [0.3, 0.4) is 0 Å². The molecule has 68 heavy (non-hydrogen) atoms. The highest BCUT2D eigenvalue weighted by Gasteiger charge is 2.23. The molecule has 316 valence electrons. The van der Waals surface area contributed by atoms with Crippen molar-refractivity contribution in [1.29, 1.82) is 0 Å². The summed E-state index contributed by atoms with van der Waals surface area (Å²) in [6, 6.07) is 75.5. The standard InChI is InChI=1S/C61H35N5OS/c1-2-16-40(17-3-1)65-50-22-10-6-18-42(50)47-31-38(27-29-52(47)65)59-62-60(39-26-28-45-44-20-9-13-25-56(44)68-57(45)33-39)64-61(63-59)49-34-41(35-55-58(49)46-21-8-12-24-54(46)67-55)66-51-23-11-7-19-43(51)48-30-36-14-4-5-15-37(36)32-53(48)66/h1-35H. The monoisotopic (exact) mass is 885 g/mol. The van der Waals surface area contributed by atoms with Crippen molar-refractivity contribution in [3.8, 4) is 45.5 Å². The van der Waals surface area contributed by atoms with E-state index in [4.69, 9.17) is 19.4 Å². The Morgan fingerprint density at radius 2 is 0.912 bits per heavy atom. The van der Waals surface area contributed by atoms with E-state index < -0.39 is 0 Å². The van der Waals surface area contributed by atoms with Crippen LogP contribution in [0, 0.1) is 0 Å². The van der Waals surface area contributed by atoms with Crippen molar-refractivity contribution in [2.75, 3.05) is 0 Å². The maximum atomic E-state index is 6.80. The van der Waals surface area contributed by atoms with Crippen LogP contribution in [0.15, 0.2) is 217 Å². The van der Waals surface area contributed by atoms with Crippen molar-refractivity contribution < 1.29 is 4.42 Å². The van der Waals surface area contributed by atoms with Crippen molar-refractivity contribution in [1.82, 2.24) is 24.1 Å². The summed E-state index contributed by atoms with van der Waals surface area (Å²) in [5.41, 5.74) is 10.8. The number of thiophene rings is 1. The van der Waals surface area contributed by atoms with Gasteiger partial charge in [-0.25, -0.2) is 15.0 Å². The summed E-state index contributed by atoms with van der Waals surface area (Å²) in [5, 5.41) is 11.5. The van der Waals surface area contributed by atoms with Crippen LogP contribution in [0.1, 0.15) is 0 Å². The van der Waals surface area contributed by atoms with Crippen molar-refractivity contribution in [3.63, 3.8) is 0 Å². The van der Waals surface area contributed by atoms with Gasteiger partial charge in [-0.3, -0.25) is 0 Å². The Morgan fingerprint density at radius 3 is 1.71 bits per heavy atom. The molecule has 0 spiro atoms. The van der Waals surface area contributed by atoms with Crippen LogP contribution in [0.25, 0.3) is 142 Å². The molecule has 0 saturated heterocycles. The van der Waals surface area contributed by atoms with Gasteiger partial charge in [0.05, 0.1) is 27.8 Å². The molecule has 0 amide bonds. The number of hydrogen-bond donors (Lipinski definition) is 0. The first kappa shape index (κ1) is 37.3. The molecule has 0 fully saturated rings. The number of rotatable bonds is 5. The number of furan rings is 1. The summed E-state index contributed by atoms with van der Waals surface area (Å²) < 4.78 is 13.9. The number of hydrogen-bond acceptors (Lipinski definition) is 5. The Labute approximate surface area is 392 Å². The van der Waals surface area contributed by atoms with Gasteiger partial charge in [0.2, 0.25) is 0 Å². The third kappa shape index (κ3) is 5.54. The minimum atomic E-state index is 0.567. The van der Waals surface area contributed by atoms with Crippen LogP contribution >= 0.6 is 11.3 Å². The van der Waals surface area contributed by atoms with E-state index in [0.29, 0.717) is 17.5 Å². The molecule has 0 saturated carbocycles. The van der Waals surface area contributed by atoms with Crippen molar-refractivity contribution >= 4 is 108 Å². The van der Waals surface area contributed by atoms with Gasteiger partial charge in [0.15, 0.2) is 17.5 Å². The highest BCUT2D eigenvalue weighted by molar-refractivity contribution is 7.25. The molecule has 0 aliphatic rings. The first-order chi connectivity index (χ1) is 33.7. The zero-order valence-electron chi connectivity index (χ0n) is 36.3. The van der Waals surface area contributed by atoms with E-state index in [1.54, 1.807) is 11.3 Å².